The molecule has 198 valence electrons. The Morgan fingerprint density at radius 3 is 2.30 bits per heavy atom. The van der Waals surface area contributed by atoms with Gasteiger partial charge in [0, 0.05) is 17.6 Å². The van der Waals surface area contributed by atoms with Crippen LogP contribution in [0.4, 0.5) is 42.8 Å². The van der Waals surface area contributed by atoms with Crippen molar-refractivity contribution in [3.05, 3.63) is 63.1 Å². The van der Waals surface area contributed by atoms with Gasteiger partial charge in [0.25, 0.3) is 5.95 Å². The standard InChI is InChI=1S/C22H19BrF6N6O2/c1-33-31-19(30-32-33)35(11-12-7-13(21(24,25)26)9-14(8-12)22(27,28)29)17-3-2-6-34(20(36)37)18-5-4-15(23)10-16(17)18/h4-5,7-10,17H,2-3,6,11H2,1H3,(H,36,37). The second-order valence-electron chi connectivity index (χ2n) is 8.42. The lowest BCUT2D eigenvalue weighted by Crippen LogP contribution is -2.31. The van der Waals surface area contributed by atoms with Crippen molar-refractivity contribution < 1.29 is 36.2 Å². The highest BCUT2D eigenvalue weighted by Gasteiger charge is 2.38. The SMILES string of the molecule is Cn1nnc(N(Cc2cc(C(F)(F)F)cc(C(F)(F)F)c2)C2CCCN(C(=O)O)c3ccc(Br)cc32)n1. The first-order valence-electron chi connectivity index (χ1n) is 10.8. The Labute approximate surface area is 214 Å². The molecule has 1 atom stereocenters. The van der Waals surface area contributed by atoms with Crippen molar-refractivity contribution in [2.75, 3.05) is 16.3 Å². The van der Waals surface area contributed by atoms with E-state index in [-0.39, 0.29) is 24.1 Å². The van der Waals surface area contributed by atoms with Crippen LogP contribution in [0, 0.1) is 0 Å². The molecule has 1 aromatic heterocycles. The minimum absolute atomic E-state index is 0.0341. The summed E-state index contributed by atoms with van der Waals surface area (Å²) in [6.07, 6.45) is -10.5. The number of amides is 1. The smallest absolute Gasteiger partial charge is 0.416 e. The lowest BCUT2D eigenvalue weighted by atomic mass is 9.98. The number of alkyl halides is 6. The summed E-state index contributed by atoms with van der Waals surface area (Å²) >= 11 is 3.36. The number of carbonyl (C=O) groups is 1. The lowest BCUT2D eigenvalue weighted by Gasteiger charge is -2.32. The van der Waals surface area contributed by atoms with Gasteiger partial charge in [0.05, 0.1) is 29.9 Å². The molecule has 0 spiro atoms. The molecule has 1 unspecified atom stereocenters. The molecule has 37 heavy (non-hydrogen) atoms. The number of halogens is 7. The maximum Gasteiger partial charge on any atom is 0.416 e. The fourth-order valence-corrected chi connectivity index (χ4v) is 4.67. The number of hydrogen-bond acceptors (Lipinski definition) is 5. The number of carboxylic acid groups (broad SMARTS) is 1. The summed E-state index contributed by atoms with van der Waals surface area (Å²) in [5, 5.41) is 21.6. The molecular formula is C22H19BrF6N6O2. The van der Waals surface area contributed by atoms with E-state index in [1.165, 1.54) is 11.9 Å². The third-order valence-electron chi connectivity index (χ3n) is 5.86. The van der Waals surface area contributed by atoms with Crippen molar-refractivity contribution in [1.29, 1.82) is 0 Å². The Hall–Kier alpha value is -3.36. The molecule has 2 heterocycles. The molecule has 3 aromatic rings. The Morgan fingerprint density at radius 1 is 1.11 bits per heavy atom. The monoisotopic (exact) mass is 592 g/mol. The van der Waals surface area contributed by atoms with E-state index in [0.717, 1.165) is 9.70 Å². The number of rotatable bonds is 4. The molecule has 15 heteroatoms. The van der Waals surface area contributed by atoms with Gasteiger partial charge in [-0.25, -0.2) is 4.79 Å². The summed E-state index contributed by atoms with van der Waals surface area (Å²) in [6, 6.07) is 5.58. The first kappa shape index (κ1) is 26.7. The van der Waals surface area contributed by atoms with Crippen molar-refractivity contribution in [3.63, 3.8) is 0 Å². The summed E-state index contributed by atoms with van der Waals surface area (Å²) in [4.78, 5) is 15.6. The molecule has 1 N–H and O–H groups in total. The normalized spacial score (nSPS) is 16.3. The van der Waals surface area contributed by atoms with Crippen LogP contribution >= 0.6 is 15.9 Å². The van der Waals surface area contributed by atoms with E-state index in [4.69, 9.17) is 0 Å². The molecule has 0 saturated heterocycles. The second kappa shape index (κ2) is 9.84. The Bertz CT molecular complexity index is 1280. The van der Waals surface area contributed by atoms with Gasteiger partial charge in [-0.2, -0.15) is 31.1 Å². The van der Waals surface area contributed by atoms with Crippen LogP contribution in [-0.4, -0.2) is 38.0 Å². The van der Waals surface area contributed by atoms with E-state index in [2.05, 4.69) is 31.3 Å². The zero-order chi connectivity index (χ0) is 27.1. The Kier molecular flexibility index (Phi) is 7.10. The second-order valence-corrected chi connectivity index (χ2v) is 9.33. The minimum Gasteiger partial charge on any atom is -0.465 e. The highest BCUT2D eigenvalue weighted by molar-refractivity contribution is 9.10. The van der Waals surface area contributed by atoms with Crippen LogP contribution in [0.5, 0.6) is 0 Å². The number of hydrogen-bond donors (Lipinski definition) is 1. The third kappa shape index (κ3) is 5.81. The van der Waals surface area contributed by atoms with E-state index in [9.17, 15) is 36.2 Å². The average molecular weight is 593 g/mol. The largest absolute Gasteiger partial charge is 0.465 e. The predicted molar refractivity (Wildman–Crippen MR) is 123 cm³/mol. The molecule has 0 fully saturated rings. The van der Waals surface area contributed by atoms with Crippen LogP contribution in [0.25, 0.3) is 0 Å². The molecule has 1 aliphatic rings. The van der Waals surface area contributed by atoms with Gasteiger partial charge < -0.3 is 10.0 Å². The van der Waals surface area contributed by atoms with E-state index in [0.29, 0.717) is 40.7 Å². The summed E-state index contributed by atoms with van der Waals surface area (Å²) in [7, 11) is 1.46. The molecule has 0 bridgehead atoms. The number of anilines is 2. The van der Waals surface area contributed by atoms with E-state index in [1.54, 1.807) is 18.2 Å². The van der Waals surface area contributed by atoms with Crippen molar-refractivity contribution in [2.24, 2.45) is 7.05 Å². The van der Waals surface area contributed by atoms with Crippen molar-refractivity contribution in [3.8, 4) is 0 Å². The van der Waals surface area contributed by atoms with Crippen LogP contribution in [0.15, 0.2) is 40.9 Å². The summed E-state index contributed by atoms with van der Waals surface area (Å²) in [5.41, 5.74) is -2.32. The van der Waals surface area contributed by atoms with Gasteiger partial charge in [0.1, 0.15) is 0 Å². The lowest BCUT2D eigenvalue weighted by molar-refractivity contribution is -0.143. The van der Waals surface area contributed by atoms with Gasteiger partial charge in [-0.15, -0.1) is 5.10 Å². The summed E-state index contributed by atoms with van der Waals surface area (Å²) in [5.74, 6) is -0.0341. The number of nitrogens with zero attached hydrogens (tertiary/aromatic N) is 6. The number of fused-ring (bicyclic) bond motifs is 1. The quantitative estimate of drug-likeness (QED) is 0.372. The molecule has 0 saturated carbocycles. The predicted octanol–water partition coefficient (Wildman–Crippen LogP) is 6.04. The van der Waals surface area contributed by atoms with Crippen LogP contribution < -0.4 is 9.80 Å². The fraction of sp³-hybridized carbons (Fsp3) is 0.364. The van der Waals surface area contributed by atoms with Crippen molar-refractivity contribution in [1.82, 2.24) is 20.2 Å². The van der Waals surface area contributed by atoms with Crippen LogP contribution in [0.1, 0.15) is 41.1 Å². The molecule has 2 aromatic carbocycles. The number of aryl methyl sites for hydroxylation is 1. The van der Waals surface area contributed by atoms with Gasteiger partial charge in [0.2, 0.25) is 0 Å². The Morgan fingerprint density at radius 2 is 1.76 bits per heavy atom. The van der Waals surface area contributed by atoms with E-state index in [1.807, 2.05) is 0 Å². The number of benzene rings is 2. The van der Waals surface area contributed by atoms with Gasteiger partial charge in [0.15, 0.2) is 0 Å². The molecule has 4 rings (SSSR count). The maximum atomic E-state index is 13.5. The topological polar surface area (TPSA) is 87.4 Å². The van der Waals surface area contributed by atoms with Crippen molar-refractivity contribution in [2.45, 2.75) is 37.8 Å². The maximum absolute atomic E-state index is 13.5. The van der Waals surface area contributed by atoms with Crippen LogP contribution in [0.2, 0.25) is 0 Å². The third-order valence-corrected chi connectivity index (χ3v) is 6.35. The van der Waals surface area contributed by atoms with Crippen LogP contribution in [0.3, 0.4) is 0 Å². The molecule has 1 aliphatic heterocycles. The van der Waals surface area contributed by atoms with Crippen molar-refractivity contribution >= 4 is 33.7 Å². The van der Waals surface area contributed by atoms with Gasteiger partial charge in [-0.3, -0.25) is 4.90 Å². The molecule has 8 nitrogen and oxygen atoms in total. The molecular weight excluding hydrogens is 574 g/mol. The fourth-order valence-electron chi connectivity index (χ4n) is 4.30. The first-order valence-corrected chi connectivity index (χ1v) is 11.6. The molecule has 0 aliphatic carbocycles. The molecule has 1 amide bonds. The van der Waals surface area contributed by atoms with E-state index < -0.39 is 42.2 Å². The number of aromatic nitrogens is 4. The summed E-state index contributed by atoms with van der Waals surface area (Å²) in [6.45, 7) is -0.285. The minimum atomic E-state index is -5.01. The summed E-state index contributed by atoms with van der Waals surface area (Å²) < 4.78 is 81.5. The van der Waals surface area contributed by atoms with E-state index >= 15 is 0 Å². The van der Waals surface area contributed by atoms with Gasteiger partial charge in [-0.1, -0.05) is 21.0 Å². The molecule has 0 radical (unpaired) electrons. The average Bonchev–Trinajstić information content (AvgIpc) is 3.13. The zero-order valence-corrected chi connectivity index (χ0v) is 20.6. The Balaban J connectivity index is 1.86. The zero-order valence-electron chi connectivity index (χ0n) is 19.1. The van der Waals surface area contributed by atoms with Crippen LogP contribution in [-0.2, 0) is 25.9 Å². The number of tetrazole rings is 1. The highest BCUT2D eigenvalue weighted by atomic mass is 79.9. The van der Waals surface area contributed by atoms with Gasteiger partial charge in [-0.05, 0) is 65.6 Å². The highest BCUT2D eigenvalue weighted by Crippen LogP contribution is 2.41. The van der Waals surface area contributed by atoms with Gasteiger partial charge >= 0.3 is 18.4 Å². The first-order chi connectivity index (χ1) is 17.2.